The van der Waals surface area contributed by atoms with E-state index in [0.29, 0.717) is 26.1 Å². The molecule has 1 aliphatic heterocycles. The summed E-state index contributed by atoms with van der Waals surface area (Å²) in [6.45, 7) is 3.74. The fourth-order valence-electron chi connectivity index (χ4n) is 2.83. The molecule has 5 nitrogen and oxygen atoms in total. The van der Waals surface area contributed by atoms with Crippen LogP contribution in [0.5, 0.6) is 0 Å². The molecule has 0 radical (unpaired) electrons. The van der Waals surface area contributed by atoms with Gasteiger partial charge in [0, 0.05) is 36.9 Å². The molecule has 1 aliphatic rings. The minimum Gasteiger partial charge on any atom is -0.378 e. The zero-order chi connectivity index (χ0) is 17.1. The molecule has 0 N–H and O–H groups in total. The number of morpholine rings is 1. The molecule has 0 unspecified atom stereocenters. The van der Waals surface area contributed by atoms with E-state index < -0.39 is 0 Å². The van der Waals surface area contributed by atoms with Crippen LogP contribution < -0.4 is 4.90 Å². The maximum absolute atomic E-state index is 12.5. The number of anilines is 1. The van der Waals surface area contributed by atoms with Crippen molar-refractivity contribution in [2.75, 3.05) is 38.7 Å². The molecular weight excluding hydrogens is 322 g/mol. The molecule has 1 atom stereocenters. The number of hydrogen-bond donors (Lipinski definition) is 0. The Bertz CT molecular complexity index is 700. The van der Waals surface area contributed by atoms with Gasteiger partial charge in [0.15, 0.2) is 0 Å². The highest BCUT2D eigenvalue weighted by molar-refractivity contribution is 7.10. The molecule has 0 saturated carbocycles. The van der Waals surface area contributed by atoms with Gasteiger partial charge in [-0.1, -0.05) is 6.07 Å². The van der Waals surface area contributed by atoms with Gasteiger partial charge < -0.3 is 14.5 Å². The lowest BCUT2D eigenvalue weighted by Crippen LogP contribution is -2.43. The molecule has 3 rings (SSSR count). The van der Waals surface area contributed by atoms with Gasteiger partial charge in [0.1, 0.15) is 6.10 Å². The molecule has 0 spiro atoms. The maximum atomic E-state index is 12.5. The van der Waals surface area contributed by atoms with Crippen LogP contribution in [0.4, 0.5) is 5.69 Å². The first-order valence-corrected chi connectivity index (χ1v) is 8.98. The number of amides is 1. The molecule has 2 aromatic heterocycles. The second-order valence-electron chi connectivity index (χ2n) is 6.24. The lowest BCUT2D eigenvalue weighted by molar-refractivity contribution is -0.138. The molecule has 1 amide bonds. The summed E-state index contributed by atoms with van der Waals surface area (Å²) in [7, 11) is 4.02. The summed E-state index contributed by atoms with van der Waals surface area (Å²) in [5.41, 5.74) is 2.96. The van der Waals surface area contributed by atoms with Crippen molar-refractivity contribution in [1.29, 1.82) is 0 Å². The smallest absolute Gasteiger partial charge is 0.228 e. The van der Waals surface area contributed by atoms with Gasteiger partial charge in [-0.15, -0.1) is 11.3 Å². The van der Waals surface area contributed by atoms with Crippen molar-refractivity contribution in [2.45, 2.75) is 19.4 Å². The number of carbonyl (C=O) groups excluding carboxylic acids is 1. The number of aromatic nitrogens is 1. The summed E-state index contributed by atoms with van der Waals surface area (Å²) >= 11 is 1.62. The largest absolute Gasteiger partial charge is 0.378 e. The zero-order valence-corrected chi connectivity index (χ0v) is 15.2. The predicted molar refractivity (Wildman–Crippen MR) is 96.6 cm³/mol. The molecule has 0 aromatic carbocycles. The summed E-state index contributed by atoms with van der Waals surface area (Å²) in [4.78, 5) is 22.2. The zero-order valence-electron chi connectivity index (χ0n) is 14.4. The van der Waals surface area contributed by atoms with E-state index in [4.69, 9.17) is 4.74 Å². The molecule has 2 aromatic rings. The number of rotatable bonds is 4. The highest BCUT2D eigenvalue weighted by atomic mass is 32.1. The normalized spacial score (nSPS) is 17.8. The average Bonchev–Trinajstić information content (AvgIpc) is 3.07. The summed E-state index contributed by atoms with van der Waals surface area (Å²) in [6, 6.07) is 8.08. The summed E-state index contributed by atoms with van der Waals surface area (Å²) in [6.07, 6.45) is 0.304. The third-order valence-corrected chi connectivity index (χ3v) is 5.01. The molecule has 3 heterocycles. The van der Waals surface area contributed by atoms with Crippen LogP contribution in [0.15, 0.2) is 29.6 Å². The van der Waals surface area contributed by atoms with Crippen LogP contribution in [-0.2, 0) is 16.0 Å². The van der Waals surface area contributed by atoms with Gasteiger partial charge in [-0.2, -0.15) is 0 Å². The predicted octanol–water partition coefficient (Wildman–Crippen LogP) is 2.66. The van der Waals surface area contributed by atoms with Gasteiger partial charge >= 0.3 is 0 Å². The van der Waals surface area contributed by atoms with Gasteiger partial charge in [-0.3, -0.25) is 9.78 Å². The number of thiophene rings is 1. The fraction of sp³-hybridized carbons (Fsp3) is 0.444. The van der Waals surface area contributed by atoms with Crippen molar-refractivity contribution >= 4 is 22.9 Å². The number of nitrogens with zero attached hydrogens (tertiary/aromatic N) is 3. The highest BCUT2D eigenvalue weighted by Crippen LogP contribution is 2.25. The first-order chi connectivity index (χ1) is 11.5. The second kappa shape index (κ2) is 7.32. The van der Waals surface area contributed by atoms with Gasteiger partial charge in [-0.25, -0.2) is 0 Å². The lowest BCUT2D eigenvalue weighted by atomic mass is 10.1. The number of aryl methyl sites for hydroxylation is 1. The number of hydrogen-bond acceptors (Lipinski definition) is 5. The molecule has 1 fully saturated rings. The van der Waals surface area contributed by atoms with Gasteiger partial charge in [0.05, 0.1) is 25.3 Å². The Morgan fingerprint density at radius 2 is 2.29 bits per heavy atom. The SMILES string of the molecule is Cc1cc(N(C)C)cc([C@H]2CN(C(=O)Cc3cccs3)CCO2)n1. The van der Waals surface area contributed by atoms with Crippen LogP contribution >= 0.6 is 11.3 Å². The summed E-state index contributed by atoms with van der Waals surface area (Å²) < 4.78 is 5.90. The summed E-state index contributed by atoms with van der Waals surface area (Å²) in [5, 5.41) is 2.00. The number of ether oxygens (including phenoxy) is 1. The topological polar surface area (TPSA) is 45.7 Å². The van der Waals surface area contributed by atoms with Crippen LogP contribution in [0.25, 0.3) is 0 Å². The van der Waals surface area contributed by atoms with Crippen molar-refractivity contribution in [1.82, 2.24) is 9.88 Å². The second-order valence-corrected chi connectivity index (χ2v) is 7.27. The average molecular weight is 345 g/mol. The van der Waals surface area contributed by atoms with E-state index in [-0.39, 0.29) is 12.0 Å². The van der Waals surface area contributed by atoms with Crippen LogP contribution in [0, 0.1) is 6.92 Å². The van der Waals surface area contributed by atoms with E-state index in [0.717, 1.165) is 22.0 Å². The van der Waals surface area contributed by atoms with Gasteiger partial charge in [0.2, 0.25) is 5.91 Å². The minimum absolute atomic E-state index is 0.159. The van der Waals surface area contributed by atoms with Gasteiger partial charge in [-0.05, 0) is 30.5 Å². The Labute approximate surface area is 146 Å². The first-order valence-electron chi connectivity index (χ1n) is 8.10. The number of carbonyl (C=O) groups is 1. The Hall–Kier alpha value is -1.92. The van der Waals surface area contributed by atoms with E-state index >= 15 is 0 Å². The quantitative estimate of drug-likeness (QED) is 0.855. The van der Waals surface area contributed by atoms with Crippen molar-refractivity contribution in [3.8, 4) is 0 Å². The molecule has 24 heavy (non-hydrogen) atoms. The van der Waals surface area contributed by atoms with E-state index in [1.807, 2.05) is 55.6 Å². The minimum atomic E-state index is -0.162. The Morgan fingerprint density at radius 3 is 3.00 bits per heavy atom. The lowest BCUT2D eigenvalue weighted by Gasteiger charge is -2.33. The van der Waals surface area contributed by atoms with Crippen molar-refractivity contribution < 1.29 is 9.53 Å². The van der Waals surface area contributed by atoms with E-state index in [2.05, 4.69) is 9.88 Å². The molecule has 6 heteroatoms. The van der Waals surface area contributed by atoms with Crippen LogP contribution in [0.1, 0.15) is 22.4 Å². The monoisotopic (exact) mass is 345 g/mol. The van der Waals surface area contributed by atoms with Crippen LogP contribution in [-0.4, -0.2) is 49.6 Å². The van der Waals surface area contributed by atoms with Crippen molar-refractivity contribution in [2.24, 2.45) is 0 Å². The first kappa shape index (κ1) is 16.9. The Balaban J connectivity index is 1.72. The molecule has 0 aliphatic carbocycles. The third kappa shape index (κ3) is 3.94. The van der Waals surface area contributed by atoms with E-state index in [1.54, 1.807) is 11.3 Å². The Kier molecular flexibility index (Phi) is 5.16. The van der Waals surface area contributed by atoms with Crippen LogP contribution in [0.3, 0.4) is 0 Å². The number of pyridine rings is 1. The van der Waals surface area contributed by atoms with Crippen LogP contribution in [0.2, 0.25) is 0 Å². The van der Waals surface area contributed by atoms with E-state index in [9.17, 15) is 4.79 Å². The highest BCUT2D eigenvalue weighted by Gasteiger charge is 2.27. The van der Waals surface area contributed by atoms with E-state index in [1.165, 1.54) is 0 Å². The molecule has 128 valence electrons. The third-order valence-electron chi connectivity index (χ3n) is 4.13. The summed E-state index contributed by atoms with van der Waals surface area (Å²) in [5.74, 6) is 0.159. The maximum Gasteiger partial charge on any atom is 0.228 e. The molecular formula is C18H23N3O2S. The fourth-order valence-corrected chi connectivity index (χ4v) is 3.52. The van der Waals surface area contributed by atoms with Gasteiger partial charge in [0.25, 0.3) is 0 Å². The molecule has 0 bridgehead atoms. The van der Waals surface area contributed by atoms with Crippen molar-refractivity contribution in [3.63, 3.8) is 0 Å². The van der Waals surface area contributed by atoms with Crippen molar-refractivity contribution in [3.05, 3.63) is 45.9 Å². The Morgan fingerprint density at radius 1 is 1.46 bits per heavy atom. The standard InChI is InChI=1S/C18H23N3O2S/c1-13-9-14(20(2)3)10-16(19-13)17-12-21(6-7-23-17)18(22)11-15-5-4-8-24-15/h4-5,8-10,17H,6-7,11-12H2,1-3H3/t17-/m1/s1. The molecule has 1 saturated heterocycles.